The lowest BCUT2D eigenvalue weighted by Crippen LogP contribution is -2.41. The number of carbonyl (C=O) groups excluding carboxylic acids is 1. The molecule has 0 radical (unpaired) electrons. The first kappa shape index (κ1) is 11.1. The minimum atomic E-state index is -0.0483. The van der Waals surface area contributed by atoms with Crippen molar-refractivity contribution in [2.24, 2.45) is 11.7 Å². The molecule has 0 aliphatic heterocycles. The van der Waals surface area contributed by atoms with Crippen LogP contribution in [0.1, 0.15) is 28.9 Å². The van der Waals surface area contributed by atoms with Crippen molar-refractivity contribution < 1.29 is 4.79 Å². The summed E-state index contributed by atoms with van der Waals surface area (Å²) in [6.07, 6.45) is 4.01. The largest absolute Gasteiger partial charge is 0.348 e. The van der Waals surface area contributed by atoms with Crippen LogP contribution in [0.5, 0.6) is 0 Å². The van der Waals surface area contributed by atoms with Crippen molar-refractivity contribution in [2.75, 3.05) is 6.54 Å². The first-order chi connectivity index (χ1) is 7.70. The summed E-state index contributed by atoms with van der Waals surface area (Å²) < 4.78 is 0. The molecule has 1 atom stereocenters. The molecule has 1 saturated carbocycles. The van der Waals surface area contributed by atoms with Gasteiger partial charge in [0.15, 0.2) is 0 Å². The van der Waals surface area contributed by atoms with Crippen molar-refractivity contribution >= 4 is 5.91 Å². The summed E-state index contributed by atoms with van der Waals surface area (Å²) in [4.78, 5) is 16.0. The van der Waals surface area contributed by atoms with Crippen LogP contribution in [0.3, 0.4) is 0 Å². The third-order valence-electron chi connectivity index (χ3n) is 2.92. The van der Waals surface area contributed by atoms with Gasteiger partial charge in [0.2, 0.25) is 0 Å². The van der Waals surface area contributed by atoms with Crippen molar-refractivity contribution in [3.63, 3.8) is 0 Å². The van der Waals surface area contributed by atoms with E-state index in [1.54, 1.807) is 18.3 Å². The highest BCUT2D eigenvalue weighted by atomic mass is 16.1. The van der Waals surface area contributed by atoms with E-state index in [1.807, 2.05) is 6.92 Å². The van der Waals surface area contributed by atoms with Gasteiger partial charge in [0, 0.05) is 30.0 Å². The Morgan fingerprint density at radius 1 is 1.69 bits per heavy atom. The van der Waals surface area contributed by atoms with Crippen LogP contribution in [-0.2, 0) is 0 Å². The number of nitrogens with two attached hydrogens (primary N) is 1. The molecule has 1 aliphatic carbocycles. The number of pyridine rings is 1. The number of amides is 1. The van der Waals surface area contributed by atoms with Gasteiger partial charge >= 0.3 is 0 Å². The Morgan fingerprint density at radius 2 is 2.44 bits per heavy atom. The van der Waals surface area contributed by atoms with Crippen molar-refractivity contribution in [3.8, 4) is 0 Å². The lowest BCUT2D eigenvalue weighted by atomic mass is 10.1. The Labute approximate surface area is 95.3 Å². The van der Waals surface area contributed by atoms with Gasteiger partial charge in [0.1, 0.15) is 0 Å². The number of aromatic nitrogens is 1. The molecule has 86 valence electrons. The van der Waals surface area contributed by atoms with Crippen LogP contribution < -0.4 is 11.1 Å². The fraction of sp³-hybridized carbons (Fsp3) is 0.500. The van der Waals surface area contributed by atoms with Gasteiger partial charge in [0.05, 0.1) is 0 Å². The predicted octanol–water partition coefficient (Wildman–Crippen LogP) is 0.857. The molecular formula is C12H17N3O. The van der Waals surface area contributed by atoms with Gasteiger partial charge in [-0.15, -0.1) is 0 Å². The maximum atomic E-state index is 11.9. The zero-order chi connectivity index (χ0) is 11.5. The van der Waals surface area contributed by atoms with E-state index in [4.69, 9.17) is 5.73 Å². The van der Waals surface area contributed by atoms with Crippen molar-refractivity contribution in [1.29, 1.82) is 0 Å². The van der Waals surface area contributed by atoms with Crippen molar-refractivity contribution in [1.82, 2.24) is 10.3 Å². The second-order valence-corrected chi connectivity index (χ2v) is 4.34. The molecule has 1 aromatic rings. The van der Waals surface area contributed by atoms with E-state index in [9.17, 15) is 4.79 Å². The van der Waals surface area contributed by atoms with Gasteiger partial charge in [-0.3, -0.25) is 9.78 Å². The third-order valence-corrected chi connectivity index (χ3v) is 2.92. The molecule has 3 N–H and O–H groups in total. The van der Waals surface area contributed by atoms with Gasteiger partial charge in [-0.05, 0) is 37.8 Å². The molecular weight excluding hydrogens is 202 g/mol. The van der Waals surface area contributed by atoms with Gasteiger partial charge in [0.25, 0.3) is 5.91 Å². The first-order valence-corrected chi connectivity index (χ1v) is 5.64. The standard InChI is InChI=1S/C12H17N3O/c1-8-6-10(4-5-14-8)12(16)15-11(7-13)9-2-3-9/h4-6,9,11H,2-3,7,13H2,1H3,(H,15,16). The van der Waals surface area contributed by atoms with Crippen molar-refractivity contribution in [2.45, 2.75) is 25.8 Å². The number of hydrogen-bond acceptors (Lipinski definition) is 3. The molecule has 0 bridgehead atoms. The highest BCUT2D eigenvalue weighted by Gasteiger charge is 2.31. The summed E-state index contributed by atoms with van der Waals surface area (Å²) in [5, 5.41) is 2.98. The number of rotatable bonds is 4. The fourth-order valence-corrected chi connectivity index (χ4v) is 1.81. The molecule has 1 amide bonds. The normalized spacial score (nSPS) is 16.9. The number of nitrogens with zero attached hydrogens (tertiary/aromatic N) is 1. The van der Waals surface area contributed by atoms with E-state index >= 15 is 0 Å². The number of aryl methyl sites for hydroxylation is 1. The third kappa shape index (κ3) is 2.58. The molecule has 1 heterocycles. The fourth-order valence-electron chi connectivity index (χ4n) is 1.81. The van der Waals surface area contributed by atoms with Crippen LogP contribution in [0, 0.1) is 12.8 Å². The van der Waals surface area contributed by atoms with Crippen LogP contribution in [0.25, 0.3) is 0 Å². The predicted molar refractivity (Wildman–Crippen MR) is 62.0 cm³/mol. The van der Waals surface area contributed by atoms with Gasteiger partial charge in [-0.1, -0.05) is 0 Å². The Bertz CT molecular complexity index is 388. The number of hydrogen-bond donors (Lipinski definition) is 2. The Kier molecular flexibility index (Phi) is 3.19. The minimum absolute atomic E-state index is 0.0483. The molecule has 1 aromatic heterocycles. The summed E-state index contributed by atoms with van der Waals surface area (Å²) in [6.45, 7) is 2.39. The smallest absolute Gasteiger partial charge is 0.251 e. The summed E-state index contributed by atoms with van der Waals surface area (Å²) in [6, 6.07) is 3.64. The molecule has 16 heavy (non-hydrogen) atoms. The summed E-state index contributed by atoms with van der Waals surface area (Å²) in [5.74, 6) is 0.532. The maximum Gasteiger partial charge on any atom is 0.251 e. The van der Waals surface area contributed by atoms with E-state index in [0.29, 0.717) is 18.0 Å². The number of carbonyl (C=O) groups is 1. The van der Waals surface area contributed by atoms with Crippen LogP contribution >= 0.6 is 0 Å². The van der Waals surface area contributed by atoms with Crippen LogP contribution in [-0.4, -0.2) is 23.5 Å². The molecule has 1 fully saturated rings. The highest BCUT2D eigenvalue weighted by molar-refractivity contribution is 5.94. The lowest BCUT2D eigenvalue weighted by Gasteiger charge is -2.15. The summed E-state index contributed by atoms with van der Waals surface area (Å²) in [7, 11) is 0. The molecule has 0 spiro atoms. The van der Waals surface area contributed by atoms with Crippen LogP contribution in [0.4, 0.5) is 0 Å². The Hall–Kier alpha value is -1.42. The minimum Gasteiger partial charge on any atom is -0.348 e. The topological polar surface area (TPSA) is 68.0 Å². The van der Waals surface area contributed by atoms with Gasteiger partial charge < -0.3 is 11.1 Å². The molecule has 2 rings (SSSR count). The van der Waals surface area contributed by atoms with E-state index in [-0.39, 0.29) is 11.9 Å². The van der Waals surface area contributed by atoms with Gasteiger partial charge in [-0.2, -0.15) is 0 Å². The highest BCUT2D eigenvalue weighted by Crippen LogP contribution is 2.32. The molecule has 4 nitrogen and oxygen atoms in total. The second-order valence-electron chi connectivity index (χ2n) is 4.34. The zero-order valence-corrected chi connectivity index (χ0v) is 9.44. The van der Waals surface area contributed by atoms with Crippen LogP contribution in [0.2, 0.25) is 0 Å². The quantitative estimate of drug-likeness (QED) is 0.789. The molecule has 0 aromatic carbocycles. The van der Waals surface area contributed by atoms with Gasteiger partial charge in [-0.25, -0.2) is 0 Å². The van der Waals surface area contributed by atoms with E-state index in [2.05, 4.69) is 10.3 Å². The maximum absolute atomic E-state index is 11.9. The summed E-state index contributed by atoms with van der Waals surface area (Å²) in [5.41, 5.74) is 7.15. The molecule has 1 unspecified atom stereocenters. The monoisotopic (exact) mass is 219 g/mol. The Balaban J connectivity index is 2.01. The SMILES string of the molecule is Cc1cc(C(=O)NC(CN)C2CC2)ccn1. The summed E-state index contributed by atoms with van der Waals surface area (Å²) >= 11 is 0. The zero-order valence-electron chi connectivity index (χ0n) is 9.44. The second kappa shape index (κ2) is 4.61. The average Bonchev–Trinajstić information content (AvgIpc) is 3.09. The van der Waals surface area contributed by atoms with E-state index in [0.717, 1.165) is 5.69 Å². The van der Waals surface area contributed by atoms with E-state index in [1.165, 1.54) is 12.8 Å². The lowest BCUT2D eigenvalue weighted by molar-refractivity contribution is 0.0933. The average molecular weight is 219 g/mol. The molecule has 0 saturated heterocycles. The van der Waals surface area contributed by atoms with Crippen molar-refractivity contribution in [3.05, 3.63) is 29.6 Å². The molecule has 4 heteroatoms. The molecule has 1 aliphatic rings. The van der Waals surface area contributed by atoms with E-state index < -0.39 is 0 Å². The first-order valence-electron chi connectivity index (χ1n) is 5.64. The number of nitrogens with one attached hydrogen (secondary N) is 1. The van der Waals surface area contributed by atoms with Crippen LogP contribution in [0.15, 0.2) is 18.3 Å². The Morgan fingerprint density at radius 3 is 3.00 bits per heavy atom.